The van der Waals surface area contributed by atoms with E-state index in [9.17, 15) is 4.79 Å². The largest absolute Gasteiger partial charge is 0.365 e. The zero-order valence-electron chi connectivity index (χ0n) is 15.4. The second-order valence-electron chi connectivity index (χ2n) is 7.25. The number of primary amides is 1. The lowest BCUT2D eigenvalue weighted by Crippen LogP contribution is -2.14. The Morgan fingerprint density at radius 1 is 0.964 bits per heavy atom. The average Bonchev–Trinajstić information content (AvgIpc) is 3.09. The molecule has 0 radical (unpaired) electrons. The summed E-state index contributed by atoms with van der Waals surface area (Å²) in [5.74, 6) is -0.366. The van der Waals surface area contributed by atoms with E-state index in [1.807, 2.05) is 18.3 Å². The Morgan fingerprint density at radius 3 is 2.29 bits per heavy atom. The van der Waals surface area contributed by atoms with Crippen LogP contribution in [0.1, 0.15) is 39.2 Å². The predicted molar refractivity (Wildman–Crippen MR) is 118 cm³/mol. The van der Waals surface area contributed by atoms with Crippen molar-refractivity contribution in [2.45, 2.75) is 25.7 Å². The molecule has 1 aromatic heterocycles. The molecule has 28 heavy (non-hydrogen) atoms. The zero-order valence-corrected chi connectivity index (χ0v) is 16.3. The lowest BCUT2D eigenvalue weighted by molar-refractivity contribution is 0.100. The highest BCUT2D eigenvalue weighted by Crippen LogP contribution is 2.40. The first-order chi connectivity index (χ1) is 13.7. The molecule has 1 amide bonds. The van der Waals surface area contributed by atoms with E-state index in [1.165, 1.54) is 22.1 Å². The van der Waals surface area contributed by atoms with Crippen LogP contribution in [0.25, 0.3) is 21.5 Å². The Kier molecular flexibility index (Phi) is 4.21. The van der Waals surface area contributed by atoms with Crippen LogP contribution >= 0.6 is 11.3 Å². The lowest BCUT2D eigenvalue weighted by atomic mass is 9.95. The van der Waals surface area contributed by atoms with Crippen LogP contribution in [-0.2, 0) is 12.8 Å². The first-order valence-corrected chi connectivity index (χ1v) is 10.4. The summed E-state index contributed by atoms with van der Waals surface area (Å²) in [6.45, 7) is 0. The van der Waals surface area contributed by atoms with Crippen LogP contribution in [0.2, 0.25) is 0 Å². The molecule has 0 fully saturated rings. The number of thiophene rings is 1. The van der Waals surface area contributed by atoms with Crippen LogP contribution in [-0.4, -0.2) is 12.1 Å². The minimum atomic E-state index is -0.366. The van der Waals surface area contributed by atoms with Gasteiger partial charge in [0.25, 0.3) is 5.91 Å². The Hall–Kier alpha value is -2.98. The number of carbonyl (C=O) groups excluding carboxylic acids is 1. The fourth-order valence-corrected chi connectivity index (χ4v) is 5.45. The van der Waals surface area contributed by atoms with Gasteiger partial charge >= 0.3 is 0 Å². The van der Waals surface area contributed by atoms with Crippen LogP contribution in [0.4, 0.5) is 5.00 Å². The molecule has 2 N–H and O–H groups in total. The minimum absolute atomic E-state index is 0.366. The molecule has 1 aliphatic carbocycles. The van der Waals surface area contributed by atoms with Gasteiger partial charge in [0, 0.05) is 16.7 Å². The van der Waals surface area contributed by atoms with E-state index in [4.69, 9.17) is 10.7 Å². The number of benzene rings is 3. The third kappa shape index (κ3) is 2.81. The first-order valence-electron chi connectivity index (χ1n) is 9.61. The molecule has 3 nitrogen and oxygen atoms in total. The molecule has 4 aromatic rings. The van der Waals surface area contributed by atoms with Crippen molar-refractivity contribution in [1.29, 1.82) is 0 Å². The Balaban J connectivity index is 1.71. The molecule has 0 aliphatic heterocycles. The Labute approximate surface area is 167 Å². The normalized spacial score (nSPS) is 14.0. The van der Waals surface area contributed by atoms with E-state index in [0.717, 1.165) is 46.2 Å². The SMILES string of the molecule is NC(=O)c1c(/N=C/c2c3ccccc3cc3ccccc23)sc2c1CCCC2. The molecule has 3 aromatic carbocycles. The van der Waals surface area contributed by atoms with Crippen LogP contribution in [0, 0.1) is 0 Å². The highest BCUT2D eigenvalue weighted by Gasteiger charge is 2.23. The van der Waals surface area contributed by atoms with Gasteiger partial charge in [0.15, 0.2) is 0 Å². The third-order valence-corrected chi connectivity index (χ3v) is 6.72. The summed E-state index contributed by atoms with van der Waals surface area (Å²) in [7, 11) is 0. The predicted octanol–water partition coefficient (Wildman–Crippen LogP) is 5.78. The highest BCUT2D eigenvalue weighted by molar-refractivity contribution is 7.16. The van der Waals surface area contributed by atoms with Crippen molar-refractivity contribution in [1.82, 2.24) is 0 Å². The molecular weight excluding hydrogens is 364 g/mol. The van der Waals surface area contributed by atoms with Crippen molar-refractivity contribution in [3.8, 4) is 0 Å². The van der Waals surface area contributed by atoms with Gasteiger partial charge in [0.2, 0.25) is 0 Å². The number of hydrogen-bond donors (Lipinski definition) is 1. The number of amides is 1. The molecule has 1 heterocycles. The molecule has 0 atom stereocenters. The number of carbonyl (C=O) groups is 1. The van der Waals surface area contributed by atoms with Crippen molar-refractivity contribution in [3.63, 3.8) is 0 Å². The van der Waals surface area contributed by atoms with Crippen LogP contribution in [0.15, 0.2) is 59.6 Å². The summed E-state index contributed by atoms with van der Waals surface area (Å²) in [6, 6.07) is 18.9. The van der Waals surface area contributed by atoms with Gasteiger partial charge in [-0.05, 0) is 58.9 Å². The van der Waals surface area contributed by atoms with E-state index < -0.39 is 0 Å². The summed E-state index contributed by atoms with van der Waals surface area (Å²) < 4.78 is 0. The number of aryl methyl sites for hydroxylation is 1. The van der Waals surface area contributed by atoms with Crippen LogP contribution in [0.3, 0.4) is 0 Å². The van der Waals surface area contributed by atoms with Gasteiger partial charge < -0.3 is 5.73 Å². The first kappa shape index (κ1) is 17.1. The fraction of sp³-hybridized carbons (Fsp3) is 0.167. The van der Waals surface area contributed by atoms with Gasteiger partial charge in [-0.25, -0.2) is 4.99 Å². The molecule has 5 rings (SSSR count). The van der Waals surface area contributed by atoms with Gasteiger partial charge in [-0.3, -0.25) is 4.79 Å². The molecule has 0 unspecified atom stereocenters. The second-order valence-corrected chi connectivity index (χ2v) is 8.33. The van der Waals surface area contributed by atoms with Gasteiger partial charge in [0.05, 0.1) is 5.56 Å². The number of nitrogens with zero attached hydrogens (tertiary/aromatic N) is 1. The maximum absolute atomic E-state index is 12.1. The van der Waals surface area contributed by atoms with E-state index >= 15 is 0 Å². The maximum atomic E-state index is 12.1. The lowest BCUT2D eigenvalue weighted by Gasteiger charge is -2.10. The topological polar surface area (TPSA) is 55.5 Å². The zero-order chi connectivity index (χ0) is 19.1. The third-order valence-electron chi connectivity index (χ3n) is 5.52. The molecule has 4 heteroatoms. The highest BCUT2D eigenvalue weighted by atomic mass is 32.1. The minimum Gasteiger partial charge on any atom is -0.365 e. The van der Waals surface area contributed by atoms with E-state index in [-0.39, 0.29) is 5.91 Å². The molecule has 1 aliphatic rings. The molecule has 0 saturated carbocycles. The van der Waals surface area contributed by atoms with Gasteiger partial charge in [-0.2, -0.15) is 0 Å². The van der Waals surface area contributed by atoms with Gasteiger partial charge in [-0.15, -0.1) is 11.3 Å². The van der Waals surface area contributed by atoms with E-state index in [0.29, 0.717) is 5.56 Å². The average molecular weight is 385 g/mol. The Morgan fingerprint density at radius 2 is 1.61 bits per heavy atom. The van der Waals surface area contributed by atoms with Crippen molar-refractivity contribution in [3.05, 3.63) is 76.2 Å². The maximum Gasteiger partial charge on any atom is 0.252 e. The fourth-order valence-electron chi connectivity index (χ4n) is 4.21. The van der Waals surface area contributed by atoms with Crippen LogP contribution < -0.4 is 5.73 Å². The molecule has 138 valence electrons. The summed E-state index contributed by atoms with van der Waals surface area (Å²) in [6.07, 6.45) is 6.14. The smallest absolute Gasteiger partial charge is 0.252 e. The molecular formula is C24H20N2OS. The van der Waals surface area contributed by atoms with Crippen molar-refractivity contribution in [2.24, 2.45) is 10.7 Å². The number of hydrogen-bond acceptors (Lipinski definition) is 3. The molecule has 0 saturated heterocycles. The summed E-state index contributed by atoms with van der Waals surface area (Å²) >= 11 is 1.62. The molecule has 0 bridgehead atoms. The number of rotatable bonds is 3. The van der Waals surface area contributed by atoms with Gasteiger partial charge in [-0.1, -0.05) is 48.5 Å². The van der Waals surface area contributed by atoms with Gasteiger partial charge in [0.1, 0.15) is 5.00 Å². The number of nitrogens with two attached hydrogens (primary N) is 1. The summed E-state index contributed by atoms with van der Waals surface area (Å²) in [5, 5.41) is 5.43. The monoisotopic (exact) mass is 384 g/mol. The number of fused-ring (bicyclic) bond motifs is 3. The van der Waals surface area contributed by atoms with Crippen molar-refractivity contribution < 1.29 is 4.79 Å². The van der Waals surface area contributed by atoms with E-state index in [2.05, 4.69) is 42.5 Å². The van der Waals surface area contributed by atoms with E-state index in [1.54, 1.807) is 11.3 Å². The summed E-state index contributed by atoms with van der Waals surface area (Å²) in [4.78, 5) is 18.2. The quantitative estimate of drug-likeness (QED) is 0.353. The second kappa shape index (κ2) is 6.88. The van der Waals surface area contributed by atoms with Crippen LogP contribution in [0.5, 0.6) is 0 Å². The van der Waals surface area contributed by atoms with Crippen molar-refractivity contribution >= 4 is 50.0 Å². The van der Waals surface area contributed by atoms with Crippen molar-refractivity contribution in [2.75, 3.05) is 0 Å². The molecule has 0 spiro atoms. The number of aliphatic imine (C=N–C) groups is 1. The summed E-state index contributed by atoms with van der Waals surface area (Å²) in [5.41, 5.74) is 8.56. The Bertz CT molecular complexity index is 1200. The standard InChI is InChI=1S/C24H20N2OS/c25-23(27)22-19-11-5-6-12-21(19)28-24(22)26-14-20-17-9-3-1-7-15(17)13-16-8-2-4-10-18(16)20/h1-4,7-10,13-14H,5-6,11-12H2,(H2,25,27)/b26-14+.